The van der Waals surface area contributed by atoms with E-state index in [0.29, 0.717) is 129 Å². The number of aliphatic imine (C=N–C) groups is 2. The van der Waals surface area contributed by atoms with Gasteiger partial charge in [-0.3, -0.25) is 20.6 Å². The van der Waals surface area contributed by atoms with E-state index >= 15 is 0 Å². The van der Waals surface area contributed by atoms with Gasteiger partial charge < -0.3 is 39.4 Å². The smallest absolute Gasteiger partial charge is 0.240 e. The Balaban J connectivity index is 0.765. The van der Waals surface area contributed by atoms with Crippen LogP contribution in [-0.2, 0) is 53.0 Å². The monoisotopic (exact) mass is 1170 g/mol. The summed E-state index contributed by atoms with van der Waals surface area (Å²) in [5.74, 6) is 0.598. The second-order valence-corrected chi connectivity index (χ2v) is 22.8. The zero-order chi connectivity index (χ0) is 55.0. The molecule has 25 heteroatoms. The van der Waals surface area contributed by atoms with Gasteiger partial charge in [-0.2, -0.15) is 10.5 Å². The van der Waals surface area contributed by atoms with Crippen molar-refractivity contribution in [3.8, 4) is 12.4 Å². The fourth-order valence-corrected chi connectivity index (χ4v) is 11.8. The Labute approximate surface area is 474 Å². The van der Waals surface area contributed by atoms with Gasteiger partial charge in [-0.15, -0.1) is 0 Å². The number of hydrogen-bond acceptors (Lipinski definition) is 13. The van der Waals surface area contributed by atoms with Gasteiger partial charge in [0.15, 0.2) is 12.4 Å². The van der Waals surface area contributed by atoms with E-state index in [1.165, 1.54) is 0 Å². The average molecular weight is 1180 g/mol. The highest BCUT2D eigenvalue weighted by molar-refractivity contribution is 7.89. The Morgan fingerprint density at radius 1 is 0.649 bits per heavy atom. The third kappa shape index (κ3) is 19.9. The fraction of sp³-hybridized carbons (Fsp3) is 0.462. The lowest BCUT2D eigenvalue weighted by atomic mass is 9.85. The van der Waals surface area contributed by atoms with Crippen molar-refractivity contribution < 1.29 is 31.6 Å². The molecule has 3 atom stereocenters. The lowest BCUT2D eigenvalue weighted by molar-refractivity contribution is 0.0520. The third-order valence-electron chi connectivity index (χ3n) is 12.3. The van der Waals surface area contributed by atoms with Crippen molar-refractivity contribution in [2.24, 2.45) is 9.98 Å². The number of nitriles is 2. The normalized spacial score (nSPS) is 16.5. The lowest BCUT2D eigenvalue weighted by Gasteiger charge is -2.33. The maximum atomic E-state index is 13.2. The predicted molar refractivity (Wildman–Crippen MR) is 302 cm³/mol. The van der Waals surface area contributed by atoms with Gasteiger partial charge in [-0.05, 0) is 109 Å². The molecule has 6 N–H and O–H groups in total. The summed E-state index contributed by atoms with van der Waals surface area (Å²) < 4.78 is 67.7. The number of likely N-dealkylation sites (N-methyl/N-ethyl adjacent to an activating group) is 2. The molecule has 0 amide bonds. The molecule has 0 bridgehead atoms. The summed E-state index contributed by atoms with van der Waals surface area (Å²) in [4.78, 5) is 14.0. The summed E-state index contributed by atoms with van der Waals surface area (Å²) in [6.07, 6.45) is 5.12. The van der Waals surface area contributed by atoms with Gasteiger partial charge in [0.25, 0.3) is 0 Å². The Morgan fingerprint density at radius 3 is 1.62 bits per heavy atom. The standard InChI is InChI=1S/C52H66Cl4N12O7S2/c1-67-31-45(43-27-39(53)29-49(55)47(43)33-67)37-7-5-9-41(25-37)76(69)65-15-19-74-23-21-72-17-13-61-51(63-35-57)59-11-3-4-12-60-52(64-36-58)62-14-18-73-22-24-75-20-16-66-77(70,71)42-10-6-8-38(26-42)46-32-68(2)34-48-44(46)28-40(54)30-50(48)56/h5-10,25-30,45-46,65-66H,3-4,11-24,31-34H2,1-2H3,(H2,59,61,63)(H2,60,62,64)/t45-,46-,76?/m0/s1. The summed E-state index contributed by atoms with van der Waals surface area (Å²) in [5, 5.41) is 31.9. The fourth-order valence-electron chi connectivity index (χ4n) is 8.75. The van der Waals surface area contributed by atoms with E-state index in [1.807, 2.05) is 61.9 Å². The minimum atomic E-state index is -3.80. The summed E-state index contributed by atoms with van der Waals surface area (Å²) in [6, 6.07) is 22.1. The Kier molecular flexibility index (Phi) is 25.9. The highest BCUT2D eigenvalue weighted by Gasteiger charge is 2.29. The molecular formula is C52H66Cl4N12O7S2. The van der Waals surface area contributed by atoms with Crippen molar-refractivity contribution >= 4 is 79.3 Å². The minimum absolute atomic E-state index is 0.0454. The Bertz CT molecular complexity index is 2860. The molecule has 0 aromatic heterocycles. The Morgan fingerprint density at radius 2 is 1.12 bits per heavy atom. The largest absolute Gasteiger partial charge is 0.378 e. The second kappa shape index (κ2) is 32.4. The molecule has 4 aromatic rings. The van der Waals surface area contributed by atoms with Gasteiger partial charge in [0.1, 0.15) is 11.0 Å². The zero-order valence-electron chi connectivity index (χ0n) is 43.1. The maximum absolute atomic E-state index is 13.2. The van der Waals surface area contributed by atoms with Crippen LogP contribution >= 0.6 is 46.4 Å². The number of hydrogen-bond donors (Lipinski definition) is 6. The molecule has 0 saturated carbocycles. The SMILES string of the molecule is CN1Cc2c(Cl)cc(Cl)cc2[C@H](c2cccc(S(=O)NCCOCCOCCNC(=NCCCCN=C(NC#N)NCCOCCOCCNS(=O)(=O)c3cccc([C@@H]4CN(C)Cc5c(Cl)cc(Cl)cc54)c3)NC#N)c2)C1. The van der Waals surface area contributed by atoms with E-state index in [2.05, 4.69) is 57.5 Å². The number of benzene rings is 4. The number of halogens is 4. The molecule has 0 fully saturated rings. The van der Waals surface area contributed by atoms with Crippen LogP contribution in [0.1, 0.15) is 58.1 Å². The molecule has 19 nitrogen and oxygen atoms in total. The number of ether oxygens (including phenoxy) is 4. The van der Waals surface area contributed by atoms with Crippen LogP contribution in [0.3, 0.4) is 0 Å². The molecule has 0 saturated heterocycles. The molecule has 6 rings (SSSR count). The van der Waals surface area contributed by atoms with Crippen LogP contribution in [0.4, 0.5) is 0 Å². The number of rotatable bonds is 29. The lowest BCUT2D eigenvalue weighted by Crippen LogP contribution is -2.37. The van der Waals surface area contributed by atoms with Crippen LogP contribution in [0.5, 0.6) is 0 Å². The zero-order valence-corrected chi connectivity index (χ0v) is 47.8. The third-order valence-corrected chi connectivity index (χ3v) is 16.0. The van der Waals surface area contributed by atoms with Crippen molar-refractivity contribution in [3.05, 3.63) is 126 Å². The van der Waals surface area contributed by atoms with Gasteiger partial charge in [0, 0.05) is 97.4 Å². The summed E-state index contributed by atoms with van der Waals surface area (Å²) >= 11 is 25.8. The van der Waals surface area contributed by atoms with Gasteiger partial charge in [-0.25, -0.2) is 22.1 Å². The molecule has 2 aliphatic rings. The molecule has 0 spiro atoms. The molecule has 4 aromatic carbocycles. The number of nitrogens with zero attached hydrogens (tertiary/aromatic N) is 6. The van der Waals surface area contributed by atoms with Crippen LogP contribution in [0.15, 0.2) is 92.6 Å². The highest BCUT2D eigenvalue weighted by atomic mass is 35.5. The average Bonchev–Trinajstić information content (AvgIpc) is 3.40. The highest BCUT2D eigenvalue weighted by Crippen LogP contribution is 2.40. The van der Waals surface area contributed by atoms with E-state index in [-0.39, 0.29) is 43.1 Å². The van der Waals surface area contributed by atoms with Gasteiger partial charge >= 0.3 is 0 Å². The first-order chi connectivity index (χ1) is 37.3. The minimum Gasteiger partial charge on any atom is -0.378 e. The van der Waals surface area contributed by atoms with Crippen molar-refractivity contribution in [1.29, 1.82) is 10.5 Å². The number of unbranched alkanes of at least 4 members (excludes halogenated alkanes) is 1. The summed E-state index contributed by atoms with van der Waals surface area (Å²) in [6.45, 7) is 7.46. The topological polar surface area (TPSA) is 239 Å². The number of guanidine groups is 2. The molecule has 77 heavy (non-hydrogen) atoms. The maximum Gasteiger partial charge on any atom is 0.240 e. The van der Waals surface area contributed by atoms with Gasteiger partial charge in [0.05, 0.1) is 62.6 Å². The molecule has 1 unspecified atom stereocenters. The van der Waals surface area contributed by atoms with Crippen LogP contribution in [0.2, 0.25) is 20.1 Å². The summed E-state index contributed by atoms with van der Waals surface area (Å²) in [7, 11) is -1.17. The molecule has 0 radical (unpaired) electrons. The van der Waals surface area contributed by atoms with Gasteiger partial charge in [-0.1, -0.05) is 70.7 Å². The molecular weight excluding hydrogens is 1110 g/mol. The molecule has 2 aliphatic heterocycles. The molecule has 2 heterocycles. The Hall–Kier alpha value is -4.66. The first-order valence-electron chi connectivity index (χ1n) is 25.1. The first kappa shape index (κ1) is 61.6. The molecule has 416 valence electrons. The van der Waals surface area contributed by atoms with E-state index in [4.69, 9.17) is 65.4 Å². The van der Waals surface area contributed by atoms with E-state index < -0.39 is 21.0 Å². The number of sulfonamides is 1. The quantitative estimate of drug-likeness (QED) is 0.0122. The van der Waals surface area contributed by atoms with Gasteiger partial charge in [0.2, 0.25) is 21.9 Å². The predicted octanol–water partition coefficient (Wildman–Crippen LogP) is 5.92. The second-order valence-electron chi connectivity index (χ2n) is 18.1. The van der Waals surface area contributed by atoms with E-state index in [0.717, 1.165) is 46.5 Å². The number of nitrogens with one attached hydrogen (secondary N) is 6. The van der Waals surface area contributed by atoms with Crippen molar-refractivity contribution in [2.75, 3.05) is 119 Å². The van der Waals surface area contributed by atoms with E-state index in [9.17, 15) is 23.2 Å². The van der Waals surface area contributed by atoms with Crippen LogP contribution < -0.4 is 30.7 Å². The van der Waals surface area contributed by atoms with Crippen LogP contribution in [0.25, 0.3) is 0 Å². The van der Waals surface area contributed by atoms with Crippen molar-refractivity contribution in [3.63, 3.8) is 0 Å². The van der Waals surface area contributed by atoms with Crippen LogP contribution in [-0.4, -0.2) is 154 Å². The molecule has 0 aliphatic carbocycles. The van der Waals surface area contributed by atoms with E-state index in [1.54, 1.807) is 30.3 Å². The summed E-state index contributed by atoms with van der Waals surface area (Å²) in [5.41, 5.74) is 6.04. The first-order valence-corrected chi connectivity index (χ1v) is 29.3. The van der Waals surface area contributed by atoms with Crippen molar-refractivity contribution in [2.45, 2.75) is 47.6 Å². The van der Waals surface area contributed by atoms with Crippen molar-refractivity contribution in [1.82, 2.24) is 40.5 Å². The number of fused-ring (bicyclic) bond motifs is 2. The van der Waals surface area contributed by atoms with Crippen LogP contribution in [0, 0.1) is 22.9 Å².